The molecular weight excluding hydrogens is 455 g/mol. The first kappa shape index (κ1) is 23.3. The van der Waals surface area contributed by atoms with Crippen molar-refractivity contribution < 1.29 is 9.59 Å². The second kappa shape index (κ2) is 10.4. The minimum absolute atomic E-state index is 0.0499. The molecule has 1 heterocycles. The molecule has 1 fully saturated rings. The molecule has 0 saturated carbocycles. The maximum atomic E-state index is 13.0. The van der Waals surface area contributed by atoms with Crippen LogP contribution in [0.2, 0.25) is 10.0 Å². The van der Waals surface area contributed by atoms with Crippen LogP contribution in [0.4, 0.5) is 5.69 Å². The number of carbonyl (C=O) groups is 2. The van der Waals surface area contributed by atoms with E-state index >= 15 is 0 Å². The third kappa shape index (κ3) is 5.76. The van der Waals surface area contributed by atoms with Gasteiger partial charge in [-0.25, -0.2) is 0 Å². The second-order valence-electron chi connectivity index (χ2n) is 8.45. The molecule has 3 aromatic carbocycles. The van der Waals surface area contributed by atoms with Crippen LogP contribution in [-0.4, -0.2) is 24.4 Å². The van der Waals surface area contributed by atoms with E-state index in [9.17, 15) is 9.59 Å². The zero-order valence-corrected chi connectivity index (χ0v) is 19.9. The van der Waals surface area contributed by atoms with Gasteiger partial charge in [-0.1, -0.05) is 47.5 Å². The van der Waals surface area contributed by atoms with Gasteiger partial charge in [0.05, 0.1) is 0 Å². The maximum Gasteiger partial charge on any atom is 0.251 e. The first-order chi connectivity index (χ1) is 15.9. The lowest BCUT2D eigenvalue weighted by molar-refractivity contribution is -0.117. The number of nitrogens with one attached hydrogen (secondary N) is 1. The molecule has 3 aromatic rings. The number of hydrogen-bond acceptors (Lipinski definition) is 2. The van der Waals surface area contributed by atoms with Crippen LogP contribution in [0.3, 0.4) is 0 Å². The smallest absolute Gasteiger partial charge is 0.251 e. The number of rotatable bonds is 7. The highest BCUT2D eigenvalue weighted by Crippen LogP contribution is 2.27. The van der Waals surface area contributed by atoms with E-state index in [1.807, 2.05) is 67.6 Å². The van der Waals surface area contributed by atoms with Crippen LogP contribution in [0.1, 0.15) is 47.2 Å². The molecule has 0 aromatic heterocycles. The Morgan fingerprint density at radius 1 is 0.939 bits per heavy atom. The van der Waals surface area contributed by atoms with Crippen molar-refractivity contribution in [1.29, 1.82) is 0 Å². The van der Waals surface area contributed by atoms with Gasteiger partial charge in [0.25, 0.3) is 5.91 Å². The van der Waals surface area contributed by atoms with Gasteiger partial charge < -0.3 is 10.2 Å². The number of amides is 2. The summed E-state index contributed by atoms with van der Waals surface area (Å²) in [5, 5.41) is 4.53. The Bertz CT molecular complexity index is 1110. The summed E-state index contributed by atoms with van der Waals surface area (Å²) in [4.78, 5) is 26.7. The lowest BCUT2D eigenvalue weighted by Gasteiger charge is -2.26. The standard InChI is InChI=1S/C27H26Cl2N2O2/c1-18(30-27(33)21-8-14-24(15-9-21)31-16-2-3-26(31)32)25(20-6-12-23(29)13-7-20)17-19-4-10-22(28)11-5-19/h4-15,18,25H,2-3,16-17H2,1H3,(H,30,33). The molecule has 170 valence electrons. The van der Waals surface area contributed by atoms with Gasteiger partial charge in [0, 0.05) is 46.2 Å². The SMILES string of the molecule is CC(NC(=O)c1ccc(N2CCCC2=O)cc1)C(Cc1ccc(Cl)cc1)c1ccc(Cl)cc1. The maximum absolute atomic E-state index is 13.0. The molecule has 0 spiro atoms. The number of nitrogens with zero attached hydrogens (tertiary/aromatic N) is 1. The highest BCUT2D eigenvalue weighted by molar-refractivity contribution is 6.30. The van der Waals surface area contributed by atoms with Gasteiger partial charge in [0.15, 0.2) is 0 Å². The molecule has 0 aliphatic carbocycles. The average molecular weight is 481 g/mol. The molecule has 6 heteroatoms. The van der Waals surface area contributed by atoms with Crippen molar-refractivity contribution in [2.75, 3.05) is 11.4 Å². The van der Waals surface area contributed by atoms with E-state index in [1.54, 1.807) is 17.0 Å². The van der Waals surface area contributed by atoms with Crippen LogP contribution in [-0.2, 0) is 11.2 Å². The van der Waals surface area contributed by atoms with E-state index in [0.717, 1.165) is 36.2 Å². The predicted molar refractivity (Wildman–Crippen MR) is 134 cm³/mol. The zero-order chi connectivity index (χ0) is 23.4. The van der Waals surface area contributed by atoms with Crippen molar-refractivity contribution in [3.63, 3.8) is 0 Å². The lowest BCUT2D eigenvalue weighted by Crippen LogP contribution is -2.38. The van der Waals surface area contributed by atoms with Crippen molar-refractivity contribution in [2.45, 2.75) is 38.1 Å². The van der Waals surface area contributed by atoms with E-state index in [2.05, 4.69) is 5.32 Å². The largest absolute Gasteiger partial charge is 0.349 e. The van der Waals surface area contributed by atoms with Crippen molar-refractivity contribution >= 4 is 40.7 Å². The summed E-state index contributed by atoms with van der Waals surface area (Å²) in [6.45, 7) is 2.75. The summed E-state index contributed by atoms with van der Waals surface area (Å²) in [6, 6.07) is 22.7. The molecule has 1 aliphatic rings. The summed E-state index contributed by atoms with van der Waals surface area (Å²) in [6.07, 6.45) is 2.20. The van der Waals surface area contributed by atoms with E-state index in [1.165, 1.54) is 0 Å². The van der Waals surface area contributed by atoms with Crippen molar-refractivity contribution in [3.8, 4) is 0 Å². The van der Waals surface area contributed by atoms with Crippen LogP contribution in [0.25, 0.3) is 0 Å². The molecule has 2 atom stereocenters. The van der Waals surface area contributed by atoms with E-state index in [4.69, 9.17) is 23.2 Å². The fourth-order valence-corrected chi connectivity index (χ4v) is 4.52. The fraction of sp³-hybridized carbons (Fsp3) is 0.259. The average Bonchev–Trinajstić information content (AvgIpc) is 3.25. The van der Waals surface area contributed by atoms with Crippen molar-refractivity contribution in [2.24, 2.45) is 0 Å². The molecule has 0 radical (unpaired) electrons. The monoisotopic (exact) mass is 480 g/mol. The minimum atomic E-state index is -0.142. The first-order valence-corrected chi connectivity index (χ1v) is 11.9. The molecule has 1 saturated heterocycles. The fourth-order valence-electron chi connectivity index (χ4n) is 4.27. The molecule has 2 unspecified atom stereocenters. The molecule has 4 rings (SSSR count). The van der Waals surface area contributed by atoms with Gasteiger partial charge in [-0.3, -0.25) is 9.59 Å². The number of benzene rings is 3. The predicted octanol–water partition coefficient (Wildman–Crippen LogP) is 6.27. The van der Waals surface area contributed by atoms with Crippen molar-refractivity contribution in [1.82, 2.24) is 5.32 Å². The summed E-state index contributed by atoms with van der Waals surface area (Å²) >= 11 is 12.1. The summed E-state index contributed by atoms with van der Waals surface area (Å²) in [5.41, 5.74) is 3.65. The first-order valence-electron chi connectivity index (χ1n) is 11.1. The van der Waals surface area contributed by atoms with Crippen LogP contribution in [0, 0.1) is 0 Å². The summed E-state index contributed by atoms with van der Waals surface area (Å²) in [5.74, 6) is 0.0413. The second-order valence-corrected chi connectivity index (χ2v) is 9.32. The van der Waals surface area contributed by atoms with Crippen LogP contribution in [0.5, 0.6) is 0 Å². The number of hydrogen-bond donors (Lipinski definition) is 1. The van der Waals surface area contributed by atoms with Gasteiger partial charge in [-0.2, -0.15) is 0 Å². The Labute approximate surface area is 204 Å². The third-order valence-electron chi connectivity index (χ3n) is 6.14. The van der Waals surface area contributed by atoms with Gasteiger partial charge in [0.1, 0.15) is 0 Å². The van der Waals surface area contributed by atoms with E-state index in [0.29, 0.717) is 22.0 Å². The summed E-state index contributed by atoms with van der Waals surface area (Å²) in [7, 11) is 0. The Kier molecular flexibility index (Phi) is 7.36. The van der Waals surface area contributed by atoms with Crippen LogP contribution < -0.4 is 10.2 Å². The lowest BCUT2D eigenvalue weighted by atomic mass is 9.86. The number of anilines is 1. The van der Waals surface area contributed by atoms with E-state index in [-0.39, 0.29) is 23.8 Å². The van der Waals surface area contributed by atoms with Gasteiger partial charge in [-0.15, -0.1) is 0 Å². The third-order valence-corrected chi connectivity index (χ3v) is 6.65. The molecule has 2 amide bonds. The Morgan fingerprint density at radius 3 is 2.12 bits per heavy atom. The molecule has 0 bridgehead atoms. The van der Waals surface area contributed by atoms with Crippen LogP contribution in [0.15, 0.2) is 72.8 Å². The minimum Gasteiger partial charge on any atom is -0.349 e. The molecule has 1 N–H and O–H groups in total. The number of halogens is 2. The summed E-state index contributed by atoms with van der Waals surface area (Å²) < 4.78 is 0. The van der Waals surface area contributed by atoms with Crippen molar-refractivity contribution in [3.05, 3.63) is 99.5 Å². The topological polar surface area (TPSA) is 49.4 Å². The van der Waals surface area contributed by atoms with Crippen LogP contribution >= 0.6 is 23.2 Å². The Morgan fingerprint density at radius 2 is 1.55 bits per heavy atom. The van der Waals surface area contributed by atoms with Gasteiger partial charge in [0.2, 0.25) is 5.91 Å². The molecule has 1 aliphatic heterocycles. The molecular formula is C27H26Cl2N2O2. The Balaban J connectivity index is 1.50. The zero-order valence-electron chi connectivity index (χ0n) is 18.4. The van der Waals surface area contributed by atoms with Gasteiger partial charge >= 0.3 is 0 Å². The quantitative estimate of drug-likeness (QED) is 0.433. The highest BCUT2D eigenvalue weighted by Gasteiger charge is 2.24. The number of carbonyl (C=O) groups excluding carboxylic acids is 2. The highest BCUT2D eigenvalue weighted by atomic mass is 35.5. The van der Waals surface area contributed by atoms with Gasteiger partial charge in [-0.05, 0) is 79.4 Å². The Hall–Kier alpha value is -2.82. The molecule has 4 nitrogen and oxygen atoms in total. The normalized spacial score (nSPS) is 15.4. The van der Waals surface area contributed by atoms with E-state index < -0.39 is 0 Å². The molecule has 33 heavy (non-hydrogen) atoms.